The van der Waals surface area contributed by atoms with Crippen LogP contribution >= 0.6 is 0 Å². The van der Waals surface area contributed by atoms with E-state index in [1.165, 1.54) is 10.9 Å². The Balaban J connectivity index is 1.79. The molecule has 9 nitrogen and oxygen atoms in total. The highest BCUT2D eigenvalue weighted by Crippen LogP contribution is 2.22. The number of aryl methyl sites for hydroxylation is 2. The minimum atomic E-state index is -0.417. The van der Waals surface area contributed by atoms with Crippen molar-refractivity contribution in [2.75, 3.05) is 25.0 Å². The first-order chi connectivity index (χ1) is 12.9. The maximum absolute atomic E-state index is 12.7. The molecule has 3 aromatic rings. The van der Waals surface area contributed by atoms with Crippen LogP contribution in [0, 0.1) is 6.92 Å². The minimum absolute atomic E-state index is 0.163. The van der Waals surface area contributed by atoms with Crippen molar-refractivity contribution in [2.45, 2.75) is 27.3 Å². The molecule has 9 heteroatoms. The van der Waals surface area contributed by atoms with Crippen LogP contribution in [-0.4, -0.2) is 49.8 Å². The van der Waals surface area contributed by atoms with Crippen LogP contribution in [0.4, 0.5) is 5.69 Å². The molecule has 0 radical (unpaired) electrons. The van der Waals surface area contributed by atoms with Crippen LogP contribution in [0.3, 0.4) is 0 Å². The number of amides is 1. The average molecular weight is 372 g/mol. The highest BCUT2D eigenvalue weighted by molar-refractivity contribution is 6.12. The van der Waals surface area contributed by atoms with Crippen molar-refractivity contribution in [3.8, 4) is 0 Å². The second-order valence-electron chi connectivity index (χ2n) is 6.35. The summed E-state index contributed by atoms with van der Waals surface area (Å²) in [6.45, 7) is 9.47. The van der Waals surface area contributed by atoms with Gasteiger partial charge in [0.15, 0.2) is 0 Å². The van der Waals surface area contributed by atoms with Gasteiger partial charge in [-0.15, -0.1) is 0 Å². The molecule has 3 heterocycles. The average Bonchev–Trinajstić information content (AvgIpc) is 3.23. The Labute approximate surface area is 156 Å². The van der Waals surface area contributed by atoms with Gasteiger partial charge in [-0.2, -0.15) is 5.10 Å². The van der Waals surface area contributed by atoms with Crippen LogP contribution in [0.2, 0.25) is 0 Å². The van der Waals surface area contributed by atoms with Crippen LogP contribution in [0.15, 0.2) is 27.9 Å². The highest BCUT2D eigenvalue weighted by atomic mass is 16.3. The van der Waals surface area contributed by atoms with E-state index >= 15 is 0 Å². The molecular weight excluding hydrogens is 348 g/mol. The molecule has 0 saturated carbocycles. The molecular formula is C18H24N6O3. The van der Waals surface area contributed by atoms with Gasteiger partial charge in [0.25, 0.3) is 11.5 Å². The zero-order valence-corrected chi connectivity index (χ0v) is 16.0. The zero-order valence-electron chi connectivity index (χ0n) is 16.0. The number of rotatable bonds is 7. The number of furan rings is 1. The van der Waals surface area contributed by atoms with Crippen LogP contribution in [0.1, 0.15) is 30.0 Å². The molecule has 1 amide bonds. The number of fused-ring (bicyclic) bond motifs is 1. The molecule has 1 N–H and O–H groups in total. The molecule has 0 spiro atoms. The molecule has 27 heavy (non-hydrogen) atoms. The zero-order chi connectivity index (χ0) is 19.6. The van der Waals surface area contributed by atoms with Gasteiger partial charge < -0.3 is 19.2 Å². The third-order valence-electron chi connectivity index (χ3n) is 4.61. The summed E-state index contributed by atoms with van der Waals surface area (Å²) in [6.07, 6.45) is 4.73. The quantitative estimate of drug-likeness (QED) is 0.677. The van der Waals surface area contributed by atoms with Crippen molar-refractivity contribution in [1.29, 1.82) is 0 Å². The third kappa shape index (κ3) is 3.77. The lowest BCUT2D eigenvalue weighted by Crippen LogP contribution is -2.27. The molecule has 0 aromatic carbocycles. The van der Waals surface area contributed by atoms with E-state index < -0.39 is 5.91 Å². The van der Waals surface area contributed by atoms with Gasteiger partial charge >= 0.3 is 0 Å². The Bertz CT molecular complexity index is 1010. The van der Waals surface area contributed by atoms with E-state index in [4.69, 9.17) is 4.42 Å². The molecule has 144 valence electrons. The maximum Gasteiger partial charge on any atom is 0.265 e. The Kier molecular flexibility index (Phi) is 5.41. The molecule has 0 saturated heterocycles. The number of likely N-dealkylation sites (N-methyl/N-ethyl adjacent to an activating group) is 1. The first kappa shape index (κ1) is 18.8. The fourth-order valence-corrected chi connectivity index (χ4v) is 2.99. The second kappa shape index (κ2) is 7.75. The van der Waals surface area contributed by atoms with Gasteiger partial charge in [0.05, 0.1) is 24.0 Å². The molecule has 3 rings (SSSR count). The molecule has 0 atom stereocenters. The highest BCUT2D eigenvalue weighted by Gasteiger charge is 2.22. The van der Waals surface area contributed by atoms with Crippen molar-refractivity contribution in [1.82, 2.24) is 24.2 Å². The van der Waals surface area contributed by atoms with E-state index in [1.807, 2.05) is 0 Å². The SMILES string of the molecule is CCN(CC)CCn1cc(NC(=O)c2c(C)oc3ncn(C)c(=O)c23)cn1. The summed E-state index contributed by atoms with van der Waals surface area (Å²) >= 11 is 0. The fraction of sp³-hybridized carbons (Fsp3) is 0.444. The number of hydrogen-bond acceptors (Lipinski definition) is 6. The van der Waals surface area contributed by atoms with Gasteiger partial charge in [-0.25, -0.2) is 4.98 Å². The summed E-state index contributed by atoms with van der Waals surface area (Å²) in [5, 5.41) is 7.25. The number of carbonyl (C=O) groups is 1. The summed E-state index contributed by atoms with van der Waals surface area (Å²) in [5.74, 6) is -0.0631. The summed E-state index contributed by atoms with van der Waals surface area (Å²) in [7, 11) is 1.58. The van der Waals surface area contributed by atoms with Crippen LogP contribution in [-0.2, 0) is 13.6 Å². The third-order valence-corrected chi connectivity index (χ3v) is 4.61. The van der Waals surface area contributed by atoms with Gasteiger partial charge in [-0.1, -0.05) is 13.8 Å². The largest absolute Gasteiger partial charge is 0.442 e. The van der Waals surface area contributed by atoms with Gasteiger partial charge in [-0.05, 0) is 20.0 Å². The summed E-state index contributed by atoms with van der Waals surface area (Å²) in [6, 6.07) is 0. The Morgan fingerprint density at radius 1 is 1.33 bits per heavy atom. The van der Waals surface area contributed by atoms with Gasteiger partial charge in [0.1, 0.15) is 17.5 Å². The fourth-order valence-electron chi connectivity index (χ4n) is 2.99. The lowest BCUT2D eigenvalue weighted by Gasteiger charge is -2.17. The Morgan fingerprint density at radius 2 is 2.07 bits per heavy atom. The Hall–Kier alpha value is -2.94. The molecule has 0 bridgehead atoms. The van der Waals surface area contributed by atoms with E-state index in [2.05, 4.69) is 34.1 Å². The maximum atomic E-state index is 12.7. The van der Waals surface area contributed by atoms with Crippen molar-refractivity contribution in [3.63, 3.8) is 0 Å². The normalized spacial score (nSPS) is 11.4. The Morgan fingerprint density at radius 3 is 2.78 bits per heavy atom. The lowest BCUT2D eigenvalue weighted by atomic mass is 10.2. The number of hydrogen-bond donors (Lipinski definition) is 1. The second-order valence-corrected chi connectivity index (χ2v) is 6.35. The van der Waals surface area contributed by atoms with Gasteiger partial charge in [0, 0.05) is 19.8 Å². The first-order valence-electron chi connectivity index (χ1n) is 8.95. The molecule has 0 fully saturated rings. The standard InChI is InChI=1S/C18H24N6O3/c1-5-23(6-2)7-8-24-10-13(9-20-24)21-16(25)14-12(3)27-17-15(14)18(26)22(4)11-19-17/h9-11H,5-8H2,1-4H3,(H,21,25). The summed E-state index contributed by atoms with van der Waals surface area (Å²) in [4.78, 5) is 31.5. The van der Waals surface area contributed by atoms with Crippen LogP contribution < -0.4 is 10.9 Å². The van der Waals surface area contributed by atoms with Crippen LogP contribution in [0.25, 0.3) is 11.1 Å². The summed E-state index contributed by atoms with van der Waals surface area (Å²) in [5.41, 5.74) is 0.608. The van der Waals surface area contributed by atoms with E-state index in [9.17, 15) is 9.59 Å². The predicted octanol–water partition coefficient (Wildman–Crippen LogP) is 1.63. The van der Waals surface area contributed by atoms with E-state index in [0.717, 1.165) is 26.2 Å². The smallest absolute Gasteiger partial charge is 0.265 e. The van der Waals surface area contributed by atoms with Gasteiger partial charge in [-0.3, -0.25) is 14.3 Å². The molecule has 0 unspecified atom stereocenters. The first-order valence-corrected chi connectivity index (χ1v) is 8.95. The lowest BCUT2D eigenvalue weighted by molar-refractivity contribution is 0.102. The number of nitrogens with one attached hydrogen (secondary N) is 1. The van der Waals surface area contributed by atoms with Gasteiger partial charge in [0.2, 0.25) is 5.71 Å². The van der Waals surface area contributed by atoms with Crippen LogP contribution in [0.5, 0.6) is 0 Å². The number of nitrogens with zero attached hydrogens (tertiary/aromatic N) is 5. The number of carbonyl (C=O) groups excluding carboxylic acids is 1. The van der Waals surface area contributed by atoms with E-state index in [0.29, 0.717) is 11.4 Å². The number of anilines is 1. The van der Waals surface area contributed by atoms with Crippen molar-refractivity contribution in [2.24, 2.45) is 7.05 Å². The number of aromatic nitrogens is 4. The topological polar surface area (TPSA) is 98.2 Å². The van der Waals surface area contributed by atoms with E-state index in [1.54, 1.807) is 31.0 Å². The minimum Gasteiger partial charge on any atom is -0.442 e. The molecule has 0 aliphatic heterocycles. The summed E-state index contributed by atoms with van der Waals surface area (Å²) < 4.78 is 8.58. The van der Waals surface area contributed by atoms with Crippen molar-refractivity contribution < 1.29 is 9.21 Å². The molecule has 3 aromatic heterocycles. The van der Waals surface area contributed by atoms with Crippen molar-refractivity contribution in [3.05, 3.63) is 40.4 Å². The monoisotopic (exact) mass is 372 g/mol. The predicted molar refractivity (Wildman–Crippen MR) is 102 cm³/mol. The molecule has 0 aliphatic rings. The molecule has 0 aliphatic carbocycles. The van der Waals surface area contributed by atoms with E-state index in [-0.39, 0.29) is 22.2 Å². The van der Waals surface area contributed by atoms with Crippen molar-refractivity contribution >= 4 is 22.7 Å².